The van der Waals surface area contributed by atoms with Gasteiger partial charge in [-0.3, -0.25) is 4.68 Å². The Labute approximate surface area is 114 Å². The van der Waals surface area contributed by atoms with Crippen molar-refractivity contribution >= 4 is 9.84 Å². The first kappa shape index (κ1) is 14.5. The first-order chi connectivity index (χ1) is 9.00. The minimum atomic E-state index is -2.81. The van der Waals surface area contributed by atoms with Crippen molar-refractivity contribution in [1.82, 2.24) is 14.8 Å². The van der Waals surface area contributed by atoms with E-state index in [1.54, 1.807) is 6.33 Å². The first-order valence-corrected chi connectivity index (χ1v) is 8.65. The fraction of sp³-hybridized carbons (Fsp3) is 0.833. The van der Waals surface area contributed by atoms with Gasteiger partial charge in [0.25, 0.3) is 0 Å². The lowest BCUT2D eigenvalue weighted by atomic mass is 9.98. The van der Waals surface area contributed by atoms with Gasteiger partial charge in [0.05, 0.1) is 11.5 Å². The van der Waals surface area contributed by atoms with Crippen LogP contribution in [0.1, 0.15) is 32.0 Å². The van der Waals surface area contributed by atoms with Gasteiger partial charge in [-0.25, -0.2) is 13.4 Å². The zero-order valence-electron chi connectivity index (χ0n) is 11.3. The molecule has 1 aromatic heterocycles. The quantitative estimate of drug-likeness (QED) is 0.816. The average molecular weight is 286 g/mol. The normalized spacial score (nSPS) is 23.6. The van der Waals surface area contributed by atoms with E-state index in [0.717, 1.165) is 31.6 Å². The molecule has 2 heterocycles. The largest absolute Gasteiger partial charge is 0.327 e. The van der Waals surface area contributed by atoms with Crippen LogP contribution in [0.4, 0.5) is 0 Å². The highest BCUT2D eigenvalue weighted by Crippen LogP contribution is 2.23. The lowest BCUT2D eigenvalue weighted by Gasteiger charge is -2.15. The number of nitrogens with zero attached hydrogens (tertiary/aromatic N) is 3. The molecule has 7 heteroatoms. The van der Waals surface area contributed by atoms with Crippen molar-refractivity contribution in [2.45, 2.75) is 45.2 Å². The standard InChI is InChI=1S/C12H22N4O2S/c1-2-4-16-12(14-9-15-16)7-11(13)6-10-3-5-19(17,18)8-10/h9-11H,2-8,13H2,1H3. The van der Waals surface area contributed by atoms with E-state index < -0.39 is 9.84 Å². The molecule has 2 N–H and O–H groups in total. The second kappa shape index (κ2) is 6.00. The second-order valence-electron chi connectivity index (χ2n) is 5.37. The summed E-state index contributed by atoms with van der Waals surface area (Å²) < 4.78 is 24.7. The summed E-state index contributed by atoms with van der Waals surface area (Å²) in [4.78, 5) is 4.23. The van der Waals surface area contributed by atoms with E-state index >= 15 is 0 Å². The molecule has 1 aliphatic rings. The summed E-state index contributed by atoms with van der Waals surface area (Å²) in [5.74, 6) is 1.72. The molecule has 6 nitrogen and oxygen atoms in total. The van der Waals surface area contributed by atoms with Crippen molar-refractivity contribution in [2.24, 2.45) is 11.7 Å². The van der Waals surface area contributed by atoms with Crippen molar-refractivity contribution in [3.05, 3.63) is 12.2 Å². The summed E-state index contributed by atoms with van der Waals surface area (Å²) in [5.41, 5.74) is 6.12. The number of hydrogen-bond donors (Lipinski definition) is 1. The van der Waals surface area contributed by atoms with Gasteiger partial charge in [-0.15, -0.1) is 0 Å². The maximum Gasteiger partial charge on any atom is 0.150 e. The lowest BCUT2D eigenvalue weighted by Crippen LogP contribution is -2.28. The average Bonchev–Trinajstić information content (AvgIpc) is 2.87. The highest BCUT2D eigenvalue weighted by atomic mass is 32.2. The predicted octanol–water partition coefficient (Wildman–Crippen LogP) is 0.383. The topological polar surface area (TPSA) is 90.9 Å². The van der Waals surface area contributed by atoms with Gasteiger partial charge in [0.2, 0.25) is 0 Å². The summed E-state index contributed by atoms with van der Waals surface area (Å²) in [6.45, 7) is 2.94. The molecular formula is C12H22N4O2S. The Kier molecular flexibility index (Phi) is 4.57. The zero-order valence-corrected chi connectivity index (χ0v) is 12.1. The Morgan fingerprint density at radius 1 is 1.58 bits per heavy atom. The van der Waals surface area contributed by atoms with E-state index in [1.165, 1.54) is 0 Å². The molecule has 2 unspecified atom stereocenters. The Balaban J connectivity index is 1.87. The Morgan fingerprint density at radius 2 is 2.37 bits per heavy atom. The first-order valence-electron chi connectivity index (χ1n) is 6.83. The van der Waals surface area contributed by atoms with Crippen LogP contribution in [0, 0.1) is 5.92 Å². The molecule has 1 aliphatic heterocycles. The fourth-order valence-electron chi connectivity index (χ4n) is 2.65. The number of nitrogens with two attached hydrogens (primary N) is 1. The van der Waals surface area contributed by atoms with Crippen LogP contribution in [0.15, 0.2) is 6.33 Å². The molecule has 108 valence electrons. The third-order valence-corrected chi connectivity index (χ3v) is 5.38. The van der Waals surface area contributed by atoms with Crippen molar-refractivity contribution in [3.8, 4) is 0 Å². The van der Waals surface area contributed by atoms with E-state index in [2.05, 4.69) is 17.0 Å². The number of rotatable bonds is 6. The summed E-state index contributed by atoms with van der Waals surface area (Å²) >= 11 is 0. The van der Waals surface area contributed by atoms with Gasteiger partial charge in [-0.1, -0.05) is 6.92 Å². The number of aromatic nitrogens is 3. The molecule has 2 atom stereocenters. The smallest absolute Gasteiger partial charge is 0.150 e. The van der Waals surface area contributed by atoms with Crippen LogP contribution in [-0.4, -0.2) is 40.7 Å². The second-order valence-corrected chi connectivity index (χ2v) is 7.60. The third-order valence-electron chi connectivity index (χ3n) is 3.54. The lowest BCUT2D eigenvalue weighted by molar-refractivity contribution is 0.451. The van der Waals surface area contributed by atoms with Crippen LogP contribution < -0.4 is 5.73 Å². The molecule has 1 saturated heterocycles. The molecule has 1 fully saturated rings. The summed E-state index contributed by atoms with van der Waals surface area (Å²) in [6.07, 6.45) is 4.72. The van der Waals surface area contributed by atoms with Crippen LogP contribution >= 0.6 is 0 Å². The molecule has 0 bridgehead atoms. The van der Waals surface area contributed by atoms with E-state index in [0.29, 0.717) is 17.9 Å². The summed E-state index contributed by atoms with van der Waals surface area (Å²) in [5, 5.41) is 4.17. The van der Waals surface area contributed by atoms with Gasteiger partial charge in [-0.05, 0) is 25.2 Å². The van der Waals surface area contributed by atoms with Crippen LogP contribution in [0.3, 0.4) is 0 Å². The minimum absolute atomic E-state index is 0.0434. The van der Waals surface area contributed by atoms with Crippen molar-refractivity contribution in [2.75, 3.05) is 11.5 Å². The number of sulfone groups is 1. The van der Waals surface area contributed by atoms with E-state index in [1.807, 2.05) is 4.68 Å². The molecular weight excluding hydrogens is 264 g/mol. The Bertz CT molecular complexity index is 512. The van der Waals surface area contributed by atoms with Crippen molar-refractivity contribution < 1.29 is 8.42 Å². The number of aryl methyl sites for hydroxylation is 1. The molecule has 2 rings (SSSR count). The predicted molar refractivity (Wildman–Crippen MR) is 73.4 cm³/mol. The molecule has 0 saturated carbocycles. The van der Waals surface area contributed by atoms with Gasteiger partial charge in [0, 0.05) is 19.0 Å². The van der Waals surface area contributed by atoms with E-state index in [4.69, 9.17) is 5.73 Å². The van der Waals surface area contributed by atoms with Gasteiger partial charge < -0.3 is 5.73 Å². The summed E-state index contributed by atoms with van der Waals surface area (Å²) in [7, 11) is -2.81. The van der Waals surface area contributed by atoms with E-state index in [-0.39, 0.29) is 12.0 Å². The van der Waals surface area contributed by atoms with Gasteiger partial charge in [0.15, 0.2) is 9.84 Å². The zero-order chi connectivity index (χ0) is 13.9. The minimum Gasteiger partial charge on any atom is -0.327 e. The monoisotopic (exact) mass is 286 g/mol. The molecule has 0 spiro atoms. The number of hydrogen-bond acceptors (Lipinski definition) is 5. The highest BCUT2D eigenvalue weighted by Gasteiger charge is 2.29. The molecule has 19 heavy (non-hydrogen) atoms. The highest BCUT2D eigenvalue weighted by molar-refractivity contribution is 7.91. The summed E-state index contributed by atoms with van der Waals surface area (Å²) in [6, 6.07) is -0.0434. The van der Waals surface area contributed by atoms with Crippen LogP contribution in [0.2, 0.25) is 0 Å². The Morgan fingerprint density at radius 3 is 3.00 bits per heavy atom. The Hall–Kier alpha value is -0.950. The molecule has 0 aromatic carbocycles. The van der Waals surface area contributed by atoms with E-state index in [9.17, 15) is 8.42 Å². The molecule has 0 amide bonds. The third kappa shape index (κ3) is 4.01. The van der Waals surface area contributed by atoms with Crippen LogP contribution in [0.5, 0.6) is 0 Å². The fourth-order valence-corrected chi connectivity index (χ4v) is 4.53. The molecule has 1 aromatic rings. The van der Waals surface area contributed by atoms with Gasteiger partial charge >= 0.3 is 0 Å². The molecule has 0 radical (unpaired) electrons. The van der Waals surface area contributed by atoms with Crippen LogP contribution in [0.25, 0.3) is 0 Å². The maximum absolute atomic E-state index is 11.4. The van der Waals surface area contributed by atoms with Crippen molar-refractivity contribution in [3.63, 3.8) is 0 Å². The maximum atomic E-state index is 11.4. The van der Waals surface area contributed by atoms with Crippen LogP contribution in [-0.2, 0) is 22.8 Å². The molecule has 0 aliphatic carbocycles. The van der Waals surface area contributed by atoms with Gasteiger partial charge in [0.1, 0.15) is 12.2 Å². The SMILES string of the molecule is CCCn1ncnc1CC(N)CC1CCS(=O)(=O)C1. The van der Waals surface area contributed by atoms with Crippen molar-refractivity contribution in [1.29, 1.82) is 0 Å². The van der Waals surface area contributed by atoms with Gasteiger partial charge in [-0.2, -0.15) is 5.10 Å².